The van der Waals surface area contributed by atoms with Crippen LogP contribution < -0.4 is 5.32 Å². The van der Waals surface area contributed by atoms with Crippen molar-refractivity contribution in [2.24, 2.45) is 5.92 Å². The normalized spacial score (nSPS) is 23.2. The minimum absolute atomic E-state index is 0.667. The van der Waals surface area contributed by atoms with Crippen molar-refractivity contribution in [2.45, 2.75) is 45.6 Å². The maximum Gasteiger partial charge on any atom is 0.0948 e. The standard InChI is InChI=1S/C13H23N3/c1-3-11(2)9-16-10-15-8-13(16)12-5-4-6-14-7-12/h8,10-12,14H,3-7,9H2,1-2H3. The zero-order valence-electron chi connectivity index (χ0n) is 10.4. The van der Waals surface area contributed by atoms with Gasteiger partial charge in [0.1, 0.15) is 0 Å². The highest BCUT2D eigenvalue weighted by molar-refractivity contribution is 5.08. The third-order valence-corrected chi connectivity index (χ3v) is 3.66. The summed E-state index contributed by atoms with van der Waals surface area (Å²) in [6.45, 7) is 7.97. The quantitative estimate of drug-likeness (QED) is 0.846. The van der Waals surface area contributed by atoms with Crippen LogP contribution in [0.25, 0.3) is 0 Å². The van der Waals surface area contributed by atoms with Gasteiger partial charge in [-0.15, -0.1) is 0 Å². The Labute approximate surface area is 98.3 Å². The number of rotatable bonds is 4. The molecule has 1 N–H and O–H groups in total. The van der Waals surface area contributed by atoms with E-state index in [2.05, 4.69) is 34.9 Å². The maximum absolute atomic E-state index is 4.32. The van der Waals surface area contributed by atoms with Gasteiger partial charge in [0.15, 0.2) is 0 Å². The van der Waals surface area contributed by atoms with Crippen molar-refractivity contribution < 1.29 is 0 Å². The Morgan fingerprint density at radius 2 is 2.50 bits per heavy atom. The molecule has 0 bridgehead atoms. The van der Waals surface area contributed by atoms with Crippen LogP contribution in [-0.2, 0) is 6.54 Å². The summed E-state index contributed by atoms with van der Waals surface area (Å²) >= 11 is 0. The van der Waals surface area contributed by atoms with Gasteiger partial charge in [-0.05, 0) is 25.3 Å². The SMILES string of the molecule is CCC(C)Cn1cncc1C1CCCNC1. The van der Waals surface area contributed by atoms with Gasteiger partial charge >= 0.3 is 0 Å². The summed E-state index contributed by atoms with van der Waals surface area (Å²) in [5.74, 6) is 1.41. The van der Waals surface area contributed by atoms with Crippen LogP contribution in [0.4, 0.5) is 0 Å². The summed E-state index contributed by atoms with van der Waals surface area (Å²) in [6, 6.07) is 0. The Bertz CT molecular complexity index is 313. The fourth-order valence-corrected chi connectivity index (χ4v) is 2.39. The molecule has 0 aliphatic carbocycles. The molecule has 2 rings (SSSR count). The predicted octanol–water partition coefficient (Wildman–Crippen LogP) is 2.40. The number of nitrogens with zero attached hydrogens (tertiary/aromatic N) is 2. The summed E-state index contributed by atoms with van der Waals surface area (Å²) in [7, 11) is 0. The number of nitrogens with one attached hydrogen (secondary N) is 1. The summed E-state index contributed by atoms with van der Waals surface area (Å²) in [6.07, 6.45) is 7.88. The van der Waals surface area contributed by atoms with Gasteiger partial charge < -0.3 is 9.88 Å². The third kappa shape index (κ3) is 2.64. The van der Waals surface area contributed by atoms with Gasteiger partial charge in [-0.1, -0.05) is 20.3 Å². The van der Waals surface area contributed by atoms with Crippen LogP contribution in [0.2, 0.25) is 0 Å². The Balaban J connectivity index is 2.05. The lowest BCUT2D eigenvalue weighted by molar-refractivity contribution is 0.412. The van der Waals surface area contributed by atoms with Gasteiger partial charge in [-0.2, -0.15) is 0 Å². The average Bonchev–Trinajstić information content (AvgIpc) is 2.78. The number of hydrogen-bond acceptors (Lipinski definition) is 2. The van der Waals surface area contributed by atoms with Gasteiger partial charge in [0.2, 0.25) is 0 Å². The molecule has 1 aliphatic heterocycles. The van der Waals surface area contributed by atoms with E-state index in [1.165, 1.54) is 31.5 Å². The van der Waals surface area contributed by atoms with Crippen LogP contribution in [0.5, 0.6) is 0 Å². The Kier molecular flexibility index (Phi) is 3.99. The van der Waals surface area contributed by atoms with E-state index in [0.717, 1.165) is 19.0 Å². The van der Waals surface area contributed by atoms with Crippen LogP contribution in [0.1, 0.15) is 44.7 Å². The van der Waals surface area contributed by atoms with Gasteiger partial charge in [-0.3, -0.25) is 0 Å². The first-order valence-electron chi connectivity index (χ1n) is 6.52. The molecule has 0 amide bonds. The monoisotopic (exact) mass is 221 g/mol. The molecule has 2 atom stereocenters. The number of imidazole rings is 1. The minimum atomic E-state index is 0.667. The van der Waals surface area contributed by atoms with E-state index >= 15 is 0 Å². The van der Waals surface area contributed by atoms with Crippen LogP contribution in [0.15, 0.2) is 12.5 Å². The highest BCUT2D eigenvalue weighted by atomic mass is 15.1. The molecule has 3 nitrogen and oxygen atoms in total. The van der Waals surface area contributed by atoms with Gasteiger partial charge in [-0.25, -0.2) is 4.98 Å². The van der Waals surface area contributed by atoms with E-state index < -0.39 is 0 Å². The molecule has 1 fully saturated rings. The second-order valence-corrected chi connectivity index (χ2v) is 5.03. The number of aromatic nitrogens is 2. The zero-order valence-corrected chi connectivity index (χ0v) is 10.4. The second kappa shape index (κ2) is 5.48. The Morgan fingerprint density at radius 1 is 1.62 bits per heavy atom. The summed E-state index contributed by atoms with van der Waals surface area (Å²) in [5.41, 5.74) is 1.42. The molecular weight excluding hydrogens is 198 g/mol. The molecule has 16 heavy (non-hydrogen) atoms. The first-order valence-corrected chi connectivity index (χ1v) is 6.52. The van der Waals surface area contributed by atoms with Crippen LogP contribution in [0, 0.1) is 5.92 Å². The summed E-state index contributed by atoms with van der Waals surface area (Å²) in [5, 5.41) is 3.48. The molecular formula is C13H23N3. The van der Waals surface area contributed by atoms with Crippen LogP contribution in [0.3, 0.4) is 0 Å². The Hall–Kier alpha value is -0.830. The summed E-state index contributed by atoms with van der Waals surface area (Å²) in [4.78, 5) is 4.32. The third-order valence-electron chi connectivity index (χ3n) is 3.66. The minimum Gasteiger partial charge on any atom is -0.334 e. The van der Waals surface area contributed by atoms with E-state index in [-0.39, 0.29) is 0 Å². The smallest absolute Gasteiger partial charge is 0.0948 e. The molecule has 3 heteroatoms. The molecule has 1 aliphatic rings. The predicted molar refractivity (Wildman–Crippen MR) is 66.5 cm³/mol. The molecule has 0 spiro atoms. The van der Waals surface area contributed by atoms with Crippen LogP contribution in [-0.4, -0.2) is 22.6 Å². The second-order valence-electron chi connectivity index (χ2n) is 5.03. The highest BCUT2D eigenvalue weighted by Gasteiger charge is 2.19. The fourth-order valence-electron chi connectivity index (χ4n) is 2.39. The lowest BCUT2D eigenvalue weighted by atomic mass is 9.96. The average molecular weight is 221 g/mol. The molecule has 1 aromatic heterocycles. The van der Waals surface area contributed by atoms with E-state index in [0.29, 0.717) is 5.92 Å². The fraction of sp³-hybridized carbons (Fsp3) is 0.769. The topological polar surface area (TPSA) is 29.9 Å². The molecule has 2 unspecified atom stereocenters. The van der Waals surface area contributed by atoms with E-state index in [1.54, 1.807) is 0 Å². The summed E-state index contributed by atoms with van der Waals surface area (Å²) < 4.78 is 2.35. The van der Waals surface area contributed by atoms with Crippen molar-refractivity contribution in [1.29, 1.82) is 0 Å². The van der Waals surface area contributed by atoms with Crippen LogP contribution >= 0.6 is 0 Å². The highest BCUT2D eigenvalue weighted by Crippen LogP contribution is 2.23. The molecule has 90 valence electrons. The maximum atomic E-state index is 4.32. The number of piperidine rings is 1. The van der Waals surface area contributed by atoms with Crippen molar-refractivity contribution in [2.75, 3.05) is 13.1 Å². The van der Waals surface area contributed by atoms with E-state index in [1.807, 2.05) is 6.33 Å². The van der Waals surface area contributed by atoms with Crippen molar-refractivity contribution in [3.63, 3.8) is 0 Å². The lowest BCUT2D eigenvalue weighted by Crippen LogP contribution is -2.29. The van der Waals surface area contributed by atoms with E-state index in [9.17, 15) is 0 Å². The molecule has 0 radical (unpaired) electrons. The van der Waals surface area contributed by atoms with Gasteiger partial charge in [0.25, 0.3) is 0 Å². The Morgan fingerprint density at radius 3 is 3.19 bits per heavy atom. The first kappa shape index (κ1) is 11.6. The molecule has 2 heterocycles. The van der Waals surface area contributed by atoms with Crippen molar-refractivity contribution in [1.82, 2.24) is 14.9 Å². The van der Waals surface area contributed by atoms with Gasteiger partial charge in [0, 0.05) is 30.9 Å². The molecule has 1 aromatic rings. The zero-order chi connectivity index (χ0) is 11.4. The van der Waals surface area contributed by atoms with Crippen molar-refractivity contribution in [3.05, 3.63) is 18.2 Å². The van der Waals surface area contributed by atoms with Gasteiger partial charge in [0.05, 0.1) is 6.33 Å². The van der Waals surface area contributed by atoms with Crippen molar-refractivity contribution >= 4 is 0 Å². The largest absolute Gasteiger partial charge is 0.334 e. The first-order chi connectivity index (χ1) is 7.81. The van der Waals surface area contributed by atoms with Crippen molar-refractivity contribution in [3.8, 4) is 0 Å². The lowest BCUT2D eigenvalue weighted by Gasteiger charge is -2.24. The van der Waals surface area contributed by atoms with E-state index in [4.69, 9.17) is 0 Å². The molecule has 0 saturated carbocycles. The number of hydrogen-bond donors (Lipinski definition) is 1. The molecule has 0 aromatic carbocycles. The molecule has 1 saturated heterocycles.